The molecule has 0 bridgehead atoms. The molecule has 0 aliphatic rings. The summed E-state index contributed by atoms with van der Waals surface area (Å²) in [6, 6.07) is 7.45. The standard InChI is InChI=1S/C14H17ClN2O/c1-14(2,3)16-8-12-9-18-13(17-12)10-4-6-11(15)7-5-10/h4-7,9,16H,8H2,1-3H3. The number of benzene rings is 1. The Morgan fingerprint density at radius 2 is 1.89 bits per heavy atom. The number of halogens is 1. The van der Waals surface area contributed by atoms with Crippen LogP contribution in [0.4, 0.5) is 0 Å². The lowest BCUT2D eigenvalue weighted by molar-refractivity contribution is 0.421. The largest absolute Gasteiger partial charge is 0.444 e. The molecule has 0 fully saturated rings. The van der Waals surface area contributed by atoms with E-state index in [0.29, 0.717) is 17.5 Å². The Bertz CT molecular complexity index is 511. The number of hydrogen-bond acceptors (Lipinski definition) is 3. The molecule has 4 heteroatoms. The maximum atomic E-state index is 5.84. The van der Waals surface area contributed by atoms with E-state index in [-0.39, 0.29) is 5.54 Å². The lowest BCUT2D eigenvalue weighted by atomic mass is 10.1. The molecule has 0 spiro atoms. The van der Waals surface area contributed by atoms with Crippen LogP contribution < -0.4 is 5.32 Å². The second-order valence-electron chi connectivity index (χ2n) is 5.25. The first-order valence-corrected chi connectivity index (χ1v) is 6.27. The average molecular weight is 265 g/mol. The van der Waals surface area contributed by atoms with Crippen LogP contribution in [0.5, 0.6) is 0 Å². The van der Waals surface area contributed by atoms with Crippen LogP contribution in [0.25, 0.3) is 11.5 Å². The normalized spacial score (nSPS) is 11.8. The molecule has 0 aliphatic carbocycles. The van der Waals surface area contributed by atoms with Crippen molar-refractivity contribution in [2.75, 3.05) is 0 Å². The van der Waals surface area contributed by atoms with Crippen molar-refractivity contribution in [2.45, 2.75) is 32.9 Å². The van der Waals surface area contributed by atoms with Crippen LogP contribution in [0, 0.1) is 0 Å². The fourth-order valence-corrected chi connectivity index (χ4v) is 1.59. The van der Waals surface area contributed by atoms with E-state index in [1.807, 2.05) is 24.3 Å². The summed E-state index contributed by atoms with van der Waals surface area (Å²) in [6.07, 6.45) is 1.68. The van der Waals surface area contributed by atoms with E-state index in [1.54, 1.807) is 6.26 Å². The molecule has 1 aromatic carbocycles. The van der Waals surface area contributed by atoms with Gasteiger partial charge in [-0.05, 0) is 45.0 Å². The van der Waals surface area contributed by atoms with Crippen molar-refractivity contribution in [1.29, 1.82) is 0 Å². The molecular formula is C14H17ClN2O. The van der Waals surface area contributed by atoms with Crippen molar-refractivity contribution in [3.8, 4) is 11.5 Å². The molecule has 0 atom stereocenters. The molecule has 1 N–H and O–H groups in total. The Balaban J connectivity index is 2.08. The average Bonchev–Trinajstić information content (AvgIpc) is 2.75. The molecule has 18 heavy (non-hydrogen) atoms. The van der Waals surface area contributed by atoms with Crippen LogP contribution in [0.15, 0.2) is 34.9 Å². The molecule has 96 valence electrons. The molecular weight excluding hydrogens is 248 g/mol. The molecule has 2 rings (SSSR count). The van der Waals surface area contributed by atoms with Crippen LogP contribution in [-0.4, -0.2) is 10.5 Å². The topological polar surface area (TPSA) is 38.1 Å². The second kappa shape index (κ2) is 5.12. The van der Waals surface area contributed by atoms with Gasteiger partial charge in [0.25, 0.3) is 0 Å². The lowest BCUT2D eigenvalue weighted by Gasteiger charge is -2.19. The summed E-state index contributed by atoms with van der Waals surface area (Å²) in [5, 5.41) is 4.08. The summed E-state index contributed by atoms with van der Waals surface area (Å²) in [5.41, 5.74) is 1.90. The molecule has 0 saturated carbocycles. The SMILES string of the molecule is CC(C)(C)NCc1coc(-c2ccc(Cl)cc2)n1. The molecule has 0 unspecified atom stereocenters. The molecule has 1 aromatic heterocycles. The maximum Gasteiger partial charge on any atom is 0.226 e. The first-order valence-electron chi connectivity index (χ1n) is 5.89. The van der Waals surface area contributed by atoms with Crippen molar-refractivity contribution in [3.05, 3.63) is 41.2 Å². The number of aromatic nitrogens is 1. The van der Waals surface area contributed by atoms with E-state index < -0.39 is 0 Å². The Morgan fingerprint density at radius 3 is 2.50 bits per heavy atom. The van der Waals surface area contributed by atoms with E-state index in [9.17, 15) is 0 Å². The molecule has 1 heterocycles. The lowest BCUT2D eigenvalue weighted by Crippen LogP contribution is -2.35. The van der Waals surface area contributed by atoms with Gasteiger partial charge >= 0.3 is 0 Å². The molecule has 0 saturated heterocycles. The first kappa shape index (κ1) is 13.1. The third-order valence-electron chi connectivity index (χ3n) is 2.44. The molecule has 0 radical (unpaired) electrons. The zero-order chi connectivity index (χ0) is 13.2. The zero-order valence-corrected chi connectivity index (χ0v) is 11.6. The number of nitrogens with zero attached hydrogens (tertiary/aromatic N) is 1. The number of nitrogens with one attached hydrogen (secondary N) is 1. The summed E-state index contributed by atoms with van der Waals surface area (Å²) in [4.78, 5) is 4.44. The van der Waals surface area contributed by atoms with Crippen molar-refractivity contribution >= 4 is 11.6 Å². The number of oxazole rings is 1. The van der Waals surface area contributed by atoms with Gasteiger partial charge in [0.2, 0.25) is 5.89 Å². The minimum Gasteiger partial charge on any atom is -0.444 e. The van der Waals surface area contributed by atoms with Gasteiger partial charge in [0.15, 0.2) is 0 Å². The predicted octanol–water partition coefficient (Wildman–Crippen LogP) is 3.88. The van der Waals surface area contributed by atoms with Crippen molar-refractivity contribution in [1.82, 2.24) is 10.3 Å². The van der Waals surface area contributed by atoms with Crippen LogP contribution in [0.1, 0.15) is 26.5 Å². The summed E-state index contributed by atoms with van der Waals surface area (Å²) < 4.78 is 5.46. The highest BCUT2D eigenvalue weighted by atomic mass is 35.5. The molecule has 0 amide bonds. The third kappa shape index (κ3) is 3.59. The second-order valence-corrected chi connectivity index (χ2v) is 5.69. The molecule has 2 aromatic rings. The van der Waals surface area contributed by atoms with Gasteiger partial charge in [-0.15, -0.1) is 0 Å². The Labute approximate surface area is 112 Å². The van der Waals surface area contributed by atoms with Gasteiger partial charge in [0.05, 0.1) is 5.69 Å². The van der Waals surface area contributed by atoms with Crippen LogP contribution in [0.2, 0.25) is 5.02 Å². The summed E-state index contributed by atoms with van der Waals surface area (Å²) in [7, 11) is 0. The third-order valence-corrected chi connectivity index (χ3v) is 2.69. The monoisotopic (exact) mass is 264 g/mol. The van der Waals surface area contributed by atoms with Crippen LogP contribution >= 0.6 is 11.6 Å². The van der Waals surface area contributed by atoms with Gasteiger partial charge in [-0.2, -0.15) is 0 Å². The van der Waals surface area contributed by atoms with Gasteiger partial charge in [-0.25, -0.2) is 4.98 Å². The van der Waals surface area contributed by atoms with Crippen molar-refractivity contribution in [2.24, 2.45) is 0 Å². The van der Waals surface area contributed by atoms with Gasteiger partial charge < -0.3 is 9.73 Å². The Morgan fingerprint density at radius 1 is 1.22 bits per heavy atom. The minimum atomic E-state index is 0.0688. The quantitative estimate of drug-likeness (QED) is 0.914. The van der Waals surface area contributed by atoms with Crippen LogP contribution in [0.3, 0.4) is 0 Å². The van der Waals surface area contributed by atoms with E-state index >= 15 is 0 Å². The summed E-state index contributed by atoms with van der Waals surface area (Å²) in [6.45, 7) is 7.05. The summed E-state index contributed by atoms with van der Waals surface area (Å²) >= 11 is 5.84. The van der Waals surface area contributed by atoms with E-state index in [2.05, 4.69) is 31.1 Å². The predicted molar refractivity (Wildman–Crippen MR) is 73.5 cm³/mol. The van der Waals surface area contributed by atoms with E-state index in [1.165, 1.54) is 0 Å². The highest BCUT2D eigenvalue weighted by Gasteiger charge is 2.11. The van der Waals surface area contributed by atoms with Crippen molar-refractivity contribution < 1.29 is 4.42 Å². The molecule has 0 aliphatic heterocycles. The Kier molecular flexibility index (Phi) is 3.73. The molecule has 3 nitrogen and oxygen atoms in total. The maximum absolute atomic E-state index is 5.84. The van der Waals surface area contributed by atoms with Gasteiger partial charge in [-0.1, -0.05) is 11.6 Å². The number of rotatable bonds is 3. The highest BCUT2D eigenvalue weighted by molar-refractivity contribution is 6.30. The van der Waals surface area contributed by atoms with Gasteiger partial charge in [-0.3, -0.25) is 0 Å². The van der Waals surface area contributed by atoms with Crippen LogP contribution in [-0.2, 0) is 6.54 Å². The van der Waals surface area contributed by atoms with E-state index in [0.717, 1.165) is 11.3 Å². The Hall–Kier alpha value is -1.32. The summed E-state index contributed by atoms with van der Waals surface area (Å²) in [5.74, 6) is 0.623. The van der Waals surface area contributed by atoms with Crippen molar-refractivity contribution in [3.63, 3.8) is 0 Å². The fraction of sp³-hybridized carbons (Fsp3) is 0.357. The zero-order valence-electron chi connectivity index (χ0n) is 10.8. The van der Waals surface area contributed by atoms with E-state index in [4.69, 9.17) is 16.0 Å². The van der Waals surface area contributed by atoms with Gasteiger partial charge in [0.1, 0.15) is 6.26 Å². The van der Waals surface area contributed by atoms with Gasteiger partial charge in [0, 0.05) is 22.7 Å². The smallest absolute Gasteiger partial charge is 0.226 e. The fourth-order valence-electron chi connectivity index (χ4n) is 1.47. The minimum absolute atomic E-state index is 0.0688. The highest BCUT2D eigenvalue weighted by Crippen LogP contribution is 2.20. The first-order chi connectivity index (χ1) is 8.44. The number of hydrogen-bond donors (Lipinski definition) is 1.